The molecular formula is C15H13N3OS. The summed E-state index contributed by atoms with van der Waals surface area (Å²) in [7, 11) is 0. The first kappa shape index (κ1) is 14.0. The number of nitrogens with zero attached hydrogens (tertiary/aromatic N) is 1. The van der Waals surface area contributed by atoms with Crippen molar-refractivity contribution >= 4 is 23.4 Å². The molecule has 0 unspecified atom stereocenters. The van der Waals surface area contributed by atoms with Crippen molar-refractivity contribution < 1.29 is 4.79 Å². The van der Waals surface area contributed by atoms with E-state index < -0.39 is 5.91 Å². The molecule has 0 saturated heterocycles. The second-order valence-electron chi connectivity index (χ2n) is 4.29. The summed E-state index contributed by atoms with van der Waals surface area (Å²) in [4.78, 5) is 14.7. The number of rotatable bonds is 3. The predicted molar refractivity (Wildman–Crippen MR) is 81.7 cm³/mol. The third-order valence-electron chi connectivity index (χ3n) is 2.95. The molecular weight excluding hydrogens is 270 g/mol. The number of amides is 1. The molecule has 0 atom stereocenters. The van der Waals surface area contributed by atoms with Gasteiger partial charge in [0, 0.05) is 21.9 Å². The number of nitrogens with two attached hydrogens (primary N) is 1. The number of aryl methyl sites for hydroxylation is 1. The van der Waals surface area contributed by atoms with Crippen molar-refractivity contribution in [1.29, 1.82) is 5.26 Å². The molecule has 100 valence electrons. The van der Waals surface area contributed by atoms with E-state index in [1.165, 1.54) is 0 Å². The minimum absolute atomic E-state index is 0.143. The minimum atomic E-state index is -0.778. The van der Waals surface area contributed by atoms with Gasteiger partial charge in [0.25, 0.3) is 5.91 Å². The normalized spacial score (nSPS) is 11.7. The Labute approximate surface area is 122 Å². The van der Waals surface area contributed by atoms with Gasteiger partial charge in [-0.1, -0.05) is 30.3 Å². The molecule has 0 bridgehead atoms. The van der Waals surface area contributed by atoms with Crippen LogP contribution in [0.15, 0.2) is 42.0 Å². The zero-order valence-corrected chi connectivity index (χ0v) is 11.7. The van der Waals surface area contributed by atoms with Crippen molar-refractivity contribution in [2.45, 2.75) is 6.92 Å². The van der Waals surface area contributed by atoms with Crippen LogP contribution in [0, 0.1) is 18.3 Å². The number of nitrogens with one attached hydrogen (secondary N) is 1. The van der Waals surface area contributed by atoms with Crippen LogP contribution in [0.25, 0.3) is 16.2 Å². The van der Waals surface area contributed by atoms with Crippen molar-refractivity contribution in [3.63, 3.8) is 0 Å². The highest BCUT2D eigenvalue weighted by Gasteiger charge is 2.15. The number of nitriles is 1. The number of H-pyrrole nitrogens is 1. The summed E-state index contributed by atoms with van der Waals surface area (Å²) < 4.78 is 0. The first-order valence-electron chi connectivity index (χ1n) is 5.93. The zero-order valence-electron chi connectivity index (χ0n) is 10.8. The Kier molecular flexibility index (Phi) is 3.97. The first-order valence-corrected chi connectivity index (χ1v) is 6.38. The fourth-order valence-electron chi connectivity index (χ4n) is 1.94. The van der Waals surface area contributed by atoms with E-state index in [0.29, 0.717) is 5.56 Å². The molecule has 20 heavy (non-hydrogen) atoms. The van der Waals surface area contributed by atoms with Crippen LogP contribution in [0.3, 0.4) is 0 Å². The van der Waals surface area contributed by atoms with Crippen LogP contribution in [-0.2, 0) is 4.79 Å². The van der Waals surface area contributed by atoms with Crippen molar-refractivity contribution in [2.75, 3.05) is 0 Å². The van der Waals surface area contributed by atoms with E-state index in [4.69, 9.17) is 11.0 Å². The molecule has 5 heteroatoms. The summed E-state index contributed by atoms with van der Waals surface area (Å²) in [6, 6.07) is 13.4. The van der Waals surface area contributed by atoms with Gasteiger partial charge in [-0.2, -0.15) is 5.26 Å². The number of aromatic amines is 1. The van der Waals surface area contributed by atoms with Crippen molar-refractivity contribution in [1.82, 2.24) is 4.98 Å². The summed E-state index contributed by atoms with van der Waals surface area (Å²) in [6.07, 6.45) is 0. The number of hydrogen-bond donors (Lipinski definition) is 3. The van der Waals surface area contributed by atoms with Crippen LogP contribution >= 0.6 is 12.6 Å². The standard InChI is InChI=1S/C15H13N3OS/c1-9-11(14(20)12(8-16)15(17)19)7-13(18-9)10-5-3-2-4-6-10/h2-7,18,20H,1H3,(H2,17,19). The summed E-state index contributed by atoms with van der Waals surface area (Å²) in [5, 5.41) is 8.98. The van der Waals surface area contributed by atoms with Crippen molar-refractivity contribution in [2.24, 2.45) is 5.73 Å². The molecule has 0 saturated carbocycles. The van der Waals surface area contributed by atoms with E-state index >= 15 is 0 Å². The Hall–Kier alpha value is -2.45. The van der Waals surface area contributed by atoms with Gasteiger partial charge in [0.05, 0.1) is 0 Å². The zero-order chi connectivity index (χ0) is 14.7. The molecule has 1 aromatic heterocycles. The summed E-state index contributed by atoms with van der Waals surface area (Å²) in [5.74, 6) is -0.778. The van der Waals surface area contributed by atoms with E-state index in [0.717, 1.165) is 17.0 Å². The van der Waals surface area contributed by atoms with Gasteiger partial charge < -0.3 is 10.7 Å². The molecule has 0 aliphatic heterocycles. The van der Waals surface area contributed by atoms with Gasteiger partial charge in [-0.15, -0.1) is 12.6 Å². The maximum absolute atomic E-state index is 11.2. The highest BCUT2D eigenvalue weighted by molar-refractivity contribution is 7.90. The molecule has 0 fully saturated rings. The van der Waals surface area contributed by atoms with Crippen LogP contribution in [-0.4, -0.2) is 10.9 Å². The van der Waals surface area contributed by atoms with Crippen molar-refractivity contribution in [3.05, 3.63) is 53.2 Å². The van der Waals surface area contributed by atoms with Gasteiger partial charge >= 0.3 is 0 Å². The third kappa shape index (κ3) is 2.60. The van der Waals surface area contributed by atoms with Crippen molar-refractivity contribution in [3.8, 4) is 17.3 Å². The fourth-order valence-corrected chi connectivity index (χ4v) is 2.33. The lowest BCUT2D eigenvalue weighted by atomic mass is 10.1. The van der Waals surface area contributed by atoms with Gasteiger partial charge in [-0.3, -0.25) is 4.79 Å². The third-order valence-corrected chi connectivity index (χ3v) is 3.41. The number of carbonyl (C=O) groups is 1. The largest absolute Gasteiger partial charge is 0.365 e. The highest BCUT2D eigenvalue weighted by Crippen LogP contribution is 2.30. The van der Waals surface area contributed by atoms with Crippen LogP contribution in [0.4, 0.5) is 0 Å². The SMILES string of the molecule is Cc1[nH]c(-c2ccccc2)cc1C(S)=C(C#N)C(N)=O. The second kappa shape index (κ2) is 5.68. The lowest BCUT2D eigenvalue weighted by Crippen LogP contribution is -2.13. The molecule has 0 spiro atoms. The Morgan fingerprint density at radius 3 is 2.55 bits per heavy atom. The van der Waals surface area contributed by atoms with Gasteiger partial charge in [-0.25, -0.2) is 0 Å². The first-order chi connectivity index (χ1) is 9.54. The topological polar surface area (TPSA) is 82.7 Å². The van der Waals surface area contributed by atoms with Crippen LogP contribution in [0.1, 0.15) is 11.3 Å². The summed E-state index contributed by atoms with van der Waals surface area (Å²) in [6.45, 7) is 1.86. The highest BCUT2D eigenvalue weighted by atomic mass is 32.1. The average Bonchev–Trinajstić information content (AvgIpc) is 2.82. The van der Waals surface area contributed by atoms with Gasteiger partial charge in [0.15, 0.2) is 0 Å². The predicted octanol–water partition coefficient (Wildman–Crippen LogP) is 2.64. The lowest BCUT2D eigenvalue weighted by Gasteiger charge is -2.00. The molecule has 2 rings (SSSR count). The maximum Gasteiger partial charge on any atom is 0.260 e. The van der Waals surface area contributed by atoms with E-state index in [2.05, 4.69) is 17.6 Å². The molecule has 2 aromatic rings. The number of primary amides is 1. The number of aromatic nitrogens is 1. The number of benzene rings is 1. The average molecular weight is 283 g/mol. The van der Waals surface area contributed by atoms with Gasteiger partial charge in [0.2, 0.25) is 0 Å². The van der Waals surface area contributed by atoms with E-state index in [1.807, 2.05) is 43.3 Å². The molecule has 1 aromatic carbocycles. The molecule has 0 aliphatic carbocycles. The molecule has 1 heterocycles. The lowest BCUT2D eigenvalue weighted by molar-refractivity contribution is -0.114. The van der Waals surface area contributed by atoms with Gasteiger partial charge in [0.1, 0.15) is 11.6 Å². The minimum Gasteiger partial charge on any atom is -0.365 e. The monoisotopic (exact) mass is 283 g/mol. The second-order valence-corrected chi connectivity index (χ2v) is 4.73. The Balaban J connectivity index is 2.54. The smallest absolute Gasteiger partial charge is 0.260 e. The molecule has 1 amide bonds. The number of thiol groups is 1. The summed E-state index contributed by atoms with van der Waals surface area (Å²) >= 11 is 4.27. The van der Waals surface area contributed by atoms with E-state index in [-0.39, 0.29) is 10.5 Å². The van der Waals surface area contributed by atoms with E-state index in [9.17, 15) is 4.79 Å². The van der Waals surface area contributed by atoms with Crippen LogP contribution < -0.4 is 5.73 Å². The Morgan fingerprint density at radius 1 is 1.35 bits per heavy atom. The van der Waals surface area contributed by atoms with E-state index in [1.54, 1.807) is 6.07 Å². The molecule has 4 nitrogen and oxygen atoms in total. The summed E-state index contributed by atoms with van der Waals surface area (Å²) in [5.41, 5.74) is 8.46. The Morgan fingerprint density at radius 2 is 2.00 bits per heavy atom. The quantitative estimate of drug-likeness (QED) is 0.460. The Bertz CT molecular complexity index is 723. The molecule has 0 radical (unpaired) electrons. The fraction of sp³-hybridized carbons (Fsp3) is 0.0667. The number of hydrogen-bond acceptors (Lipinski definition) is 3. The number of carbonyl (C=O) groups excluding carboxylic acids is 1. The van der Waals surface area contributed by atoms with Crippen LogP contribution in [0.5, 0.6) is 0 Å². The molecule has 0 aliphatic rings. The molecule has 3 N–H and O–H groups in total. The van der Waals surface area contributed by atoms with Crippen LogP contribution in [0.2, 0.25) is 0 Å². The van der Waals surface area contributed by atoms with Gasteiger partial charge in [-0.05, 0) is 18.6 Å². The maximum atomic E-state index is 11.2.